The Bertz CT molecular complexity index is 324. The minimum Gasteiger partial charge on any atom is -0.493 e. The van der Waals surface area contributed by atoms with Crippen LogP contribution in [0, 0.1) is 11.3 Å². The minimum atomic E-state index is 0.0281. The third-order valence-corrected chi connectivity index (χ3v) is 2.31. The number of benzene rings is 1. The molecular weight excluding hydrogens is 246 g/mol. The smallest absolute Gasteiger partial charge is 0.174 e. The average molecular weight is 256 g/mol. The van der Waals surface area contributed by atoms with Gasteiger partial charge in [-0.05, 0) is 6.07 Å². The van der Waals surface area contributed by atoms with Crippen LogP contribution in [0.2, 0.25) is 0 Å². The Kier molecular flexibility index (Phi) is 4.27. The first kappa shape index (κ1) is 10.9. The lowest BCUT2D eigenvalue weighted by molar-refractivity contribution is 0.327. The van der Waals surface area contributed by atoms with Crippen molar-refractivity contribution >= 4 is 15.9 Å². The largest absolute Gasteiger partial charge is 0.493 e. The van der Waals surface area contributed by atoms with E-state index in [2.05, 4.69) is 15.9 Å². The Labute approximate surface area is 91.4 Å². The lowest BCUT2D eigenvalue weighted by atomic mass is 10.2. The molecule has 1 aromatic rings. The van der Waals surface area contributed by atoms with Gasteiger partial charge in [-0.25, -0.2) is 0 Å². The van der Waals surface area contributed by atoms with Crippen LogP contribution in [-0.2, 0) is 5.33 Å². The van der Waals surface area contributed by atoms with Crippen LogP contribution in [0.4, 0.5) is 0 Å². The number of ether oxygens (including phenoxy) is 2. The van der Waals surface area contributed by atoms with Crippen LogP contribution in [0.15, 0.2) is 18.2 Å². The molecule has 0 bridgehead atoms. The molecule has 4 heteroatoms. The molecule has 0 spiro atoms. The fraction of sp³-hybridized carbons (Fsp3) is 0.300. The van der Waals surface area contributed by atoms with E-state index in [-0.39, 0.29) is 6.61 Å². The number of para-hydroxylation sites is 1. The highest BCUT2D eigenvalue weighted by atomic mass is 79.9. The second-order valence-electron chi connectivity index (χ2n) is 2.53. The lowest BCUT2D eigenvalue weighted by Crippen LogP contribution is -1.99. The van der Waals surface area contributed by atoms with Gasteiger partial charge in [-0.1, -0.05) is 28.1 Å². The first-order valence-electron chi connectivity index (χ1n) is 4.05. The third-order valence-electron chi connectivity index (χ3n) is 1.71. The molecule has 0 fully saturated rings. The molecule has 74 valence electrons. The van der Waals surface area contributed by atoms with Gasteiger partial charge in [0, 0.05) is 10.9 Å². The number of nitriles is 1. The van der Waals surface area contributed by atoms with Gasteiger partial charge >= 0.3 is 0 Å². The standard InChI is InChI=1S/C10H10BrNO2/c1-13-9-4-2-3-8(7-11)10(9)14-6-5-12/h2-4H,6-7H2,1H3. The maximum atomic E-state index is 8.43. The minimum absolute atomic E-state index is 0.0281. The lowest BCUT2D eigenvalue weighted by Gasteiger charge is -2.11. The van der Waals surface area contributed by atoms with E-state index in [1.807, 2.05) is 18.2 Å². The summed E-state index contributed by atoms with van der Waals surface area (Å²) in [4.78, 5) is 0. The van der Waals surface area contributed by atoms with Crippen LogP contribution < -0.4 is 9.47 Å². The zero-order valence-electron chi connectivity index (χ0n) is 7.79. The molecule has 0 N–H and O–H groups in total. The Morgan fingerprint density at radius 3 is 2.86 bits per heavy atom. The predicted octanol–water partition coefficient (Wildman–Crippen LogP) is 2.49. The Hall–Kier alpha value is -1.21. The normalized spacial score (nSPS) is 9.21. The number of methoxy groups -OCH3 is 1. The van der Waals surface area contributed by atoms with E-state index in [4.69, 9.17) is 14.7 Å². The molecule has 0 unspecified atom stereocenters. The predicted molar refractivity (Wildman–Crippen MR) is 56.7 cm³/mol. The van der Waals surface area contributed by atoms with Gasteiger partial charge in [-0.15, -0.1) is 0 Å². The van der Waals surface area contributed by atoms with Crippen molar-refractivity contribution in [1.29, 1.82) is 5.26 Å². The van der Waals surface area contributed by atoms with Crippen LogP contribution in [0.3, 0.4) is 0 Å². The fourth-order valence-electron chi connectivity index (χ4n) is 1.10. The van der Waals surface area contributed by atoms with Crippen molar-refractivity contribution in [3.63, 3.8) is 0 Å². The van der Waals surface area contributed by atoms with Gasteiger partial charge in [0.05, 0.1) is 7.11 Å². The molecule has 0 saturated carbocycles. The van der Waals surface area contributed by atoms with Gasteiger partial charge in [0.2, 0.25) is 0 Å². The molecule has 0 radical (unpaired) electrons. The molecule has 0 saturated heterocycles. The van der Waals surface area contributed by atoms with Crippen LogP contribution in [0.25, 0.3) is 0 Å². The zero-order chi connectivity index (χ0) is 10.4. The van der Waals surface area contributed by atoms with Crippen molar-refractivity contribution in [3.8, 4) is 17.6 Å². The second kappa shape index (κ2) is 5.51. The SMILES string of the molecule is COc1cccc(CBr)c1OCC#N. The monoisotopic (exact) mass is 255 g/mol. The molecule has 0 aromatic heterocycles. The molecule has 14 heavy (non-hydrogen) atoms. The highest BCUT2D eigenvalue weighted by molar-refractivity contribution is 9.08. The van der Waals surface area contributed by atoms with Gasteiger partial charge < -0.3 is 9.47 Å². The summed E-state index contributed by atoms with van der Waals surface area (Å²) in [6.45, 7) is 0.0281. The van der Waals surface area contributed by atoms with Crippen molar-refractivity contribution < 1.29 is 9.47 Å². The summed E-state index contributed by atoms with van der Waals surface area (Å²) in [6, 6.07) is 7.53. The van der Waals surface area contributed by atoms with Crippen molar-refractivity contribution in [3.05, 3.63) is 23.8 Å². The molecule has 1 rings (SSSR count). The number of alkyl halides is 1. The van der Waals surface area contributed by atoms with Gasteiger partial charge in [0.15, 0.2) is 18.1 Å². The van der Waals surface area contributed by atoms with Crippen LogP contribution >= 0.6 is 15.9 Å². The number of nitrogens with zero attached hydrogens (tertiary/aromatic N) is 1. The molecule has 0 aliphatic rings. The maximum Gasteiger partial charge on any atom is 0.174 e. The number of hydrogen-bond donors (Lipinski definition) is 0. The highest BCUT2D eigenvalue weighted by Gasteiger charge is 2.08. The fourth-order valence-corrected chi connectivity index (χ4v) is 1.54. The molecule has 0 aliphatic carbocycles. The van der Waals surface area contributed by atoms with Crippen molar-refractivity contribution in [2.24, 2.45) is 0 Å². The van der Waals surface area contributed by atoms with E-state index in [0.29, 0.717) is 16.8 Å². The van der Waals surface area contributed by atoms with E-state index < -0.39 is 0 Å². The topological polar surface area (TPSA) is 42.2 Å². The van der Waals surface area contributed by atoms with Gasteiger partial charge in [-0.3, -0.25) is 0 Å². The Balaban J connectivity index is 3.00. The van der Waals surface area contributed by atoms with Crippen LogP contribution in [0.1, 0.15) is 5.56 Å². The summed E-state index contributed by atoms with van der Waals surface area (Å²) in [5.41, 5.74) is 0.972. The van der Waals surface area contributed by atoms with E-state index >= 15 is 0 Å². The first-order valence-corrected chi connectivity index (χ1v) is 5.17. The average Bonchev–Trinajstić information content (AvgIpc) is 2.25. The summed E-state index contributed by atoms with van der Waals surface area (Å²) in [5, 5.41) is 9.10. The molecular formula is C10H10BrNO2. The van der Waals surface area contributed by atoms with Gasteiger partial charge in [0.1, 0.15) is 6.07 Å². The van der Waals surface area contributed by atoms with Crippen molar-refractivity contribution in [1.82, 2.24) is 0 Å². The van der Waals surface area contributed by atoms with Crippen molar-refractivity contribution in [2.75, 3.05) is 13.7 Å². The molecule has 3 nitrogen and oxygen atoms in total. The van der Waals surface area contributed by atoms with E-state index in [1.165, 1.54) is 0 Å². The Morgan fingerprint density at radius 2 is 2.29 bits per heavy atom. The summed E-state index contributed by atoms with van der Waals surface area (Å²) < 4.78 is 10.4. The summed E-state index contributed by atoms with van der Waals surface area (Å²) in [7, 11) is 1.58. The number of hydrogen-bond acceptors (Lipinski definition) is 3. The van der Waals surface area contributed by atoms with E-state index in [0.717, 1.165) is 5.56 Å². The molecule has 0 aliphatic heterocycles. The summed E-state index contributed by atoms with van der Waals surface area (Å²) in [6.07, 6.45) is 0. The highest BCUT2D eigenvalue weighted by Crippen LogP contribution is 2.32. The van der Waals surface area contributed by atoms with Gasteiger partial charge in [0.25, 0.3) is 0 Å². The molecule has 0 heterocycles. The van der Waals surface area contributed by atoms with Crippen molar-refractivity contribution in [2.45, 2.75) is 5.33 Å². The van der Waals surface area contributed by atoms with Gasteiger partial charge in [-0.2, -0.15) is 5.26 Å². The third kappa shape index (κ3) is 2.39. The quantitative estimate of drug-likeness (QED) is 0.777. The summed E-state index contributed by atoms with van der Waals surface area (Å²) in [5.74, 6) is 1.28. The number of rotatable bonds is 4. The number of halogens is 1. The van der Waals surface area contributed by atoms with Crippen LogP contribution in [0.5, 0.6) is 11.5 Å². The Morgan fingerprint density at radius 1 is 1.50 bits per heavy atom. The molecule has 0 atom stereocenters. The summed E-state index contributed by atoms with van der Waals surface area (Å²) >= 11 is 3.35. The van der Waals surface area contributed by atoms with E-state index in [9.17, 15) is 0 Å². The van der Waals surface area contributed by atoms with E-state index in [1.54, 1.807) is 13.2 Å². The molecule has 1 aromatic carbocycles. The molecule has 0 amide bonds. The second-order valence-corrected chi connectivity index (χ2v) is 3.09. The maximum absolute atomic E-state index is 8.43. The first-order chi connectivity index (χ1) is 6.83. The van der Waals surface area contributed by atoms with Crippen LogP contribution in [-0.4, -0.2) is 13.7 Å². The zero-order valence-corrected chi connectivity index (χ0v) is 9.37.